The average Bonchev–Trinajstić information content (AvgIpc) is 2.91. The Labute approximate surface area is 120 Å². The van der Waals surface area contributed by atoms with Crippen molar-refractivity contribution in [2.24, 2.45) is 0 Å². The Morgan fingerprint density at radius 1 is 1.15 bits per heavy atom. The van der Waals surface area contributed by atoms with Crippen LogP contribution in [0.3, 0.4) is 0 Å². The Morgan fingerprint density at radius 3 is 2.75 bits per heavy atom. The molecule has 0 radical (unpaired) electrons. The zero-order valence-corrected chi connectivity index (χ0v) is 11.2. The number of hydrogen-bond acceptors (Lipinski definition) is 2. The van der Waals surface area contributed by atoms with Crippen LogP contribution in [-0.4, -0.2) is 9.55 Å². The smallest absolute Gasteiger partial charge is 0.146 e. The molecule has 2 N–H and O–H groups in total. The second-order valence-corrected chi connectivity index (χ2v) is 4.80. The molecule has 3 rings (SSSR count). The normalized spacial score (nSPS) is 10.7. The van der Waals surface area contributed by atoms with Gasteiger partial charge in [-0.15, -0.1) is 0 Å². The molecule has 5 heteroatoms. The third kappa shape index (κ3) is 2.26. The summed E-state index contributed by atoms with van der Waals surface area (Å²) in [5.41, 5.74) is 8.25. The molecule has 100 valence electrons. The Bertz CT molecular complexity index is 767. The standard InChI is InChI=1S/C15H11ClFN3/c16-11-3-1-2-10(6-11)15-8-19-9-20(15)12-4-5-13(17)14(18)7-12/h1-9H,18H2. The maximum Gasteiger partial charge on any atom is 0.146 e. The molecule has 0 fully saturated rings. The Morgan fingerprint density at radius 2 is 2.00 bits per heavy atom. The molecule has 0 aliphatic carbocycles. The Hall–Kier alpha value is -2.33. The summed E-state index contributed by atoms with van der Waals surface area (Å²) in [6.45, 7) is 0. The van der Waals surface area contributed by atoms with Crippen LogP contribution >= 0.6 is 11.6 Å². The van der Waals surface area contributed by atoms with E-state index in [2.05, 4.69) is 4.98 Å². The van der Waals surface area contributed by atoms with Gasteiger partial charge in [0.25, 0.3) is 0 Å². The van der Waals surface area contributed by atoms with Crippen molar-refractivity contribution in [1.82, 2.24) is 9.55 Å². The predicted octanol–water partition coefficient (Wildman–Crippen LogP) is 3.91. The van der Waals surface area contributed by atoms with Gasteiger partial charge < -0.3 is 5.73 Å². The molecule has 0 spiro atoms. The highest BCUT2D eigenvalue weighted by Gasteiger charge is 2.09. The number of nitrogen functional groups attached to an aromatic ring is 1. The van der Waals surface area contributed by atoms with Gasteiger partial charge in [0.1, 0.15) is 5.82 Å². The highest BCUT2D eigenvalue weighted by atomic mass is 35.5. The van der Waals surface area contributed by atoms with Crippen LogP contribution < -0.4 is 5.73 Å². The third-order valence-electron chi connectivity index (χ3n) is 3.02. The van der Waals surface area contributed by atoms with Crippen molar-refractivity contribution in [3.63, 3.8) is 0 Å². The number of benzene rings is 2. The van der Waals surface area contributed by atoms with Crippen LogP contribution in [0.4, 0.5) is 10.1 Å². The third-order valence-corrected chi connectivity index (χ3v) is 3.25. The number of imidazole rings is 1. The van der Waals surface area contributed by atoms with Crippen molar-refractivity contribution >= 4 is 17.3 Å². The van der Waals surface area contributed by atoms with E-state index in [0.29, 0.717) is 5.02 Å². The molecule has 0 bridgehead atoms. The van der Waals surface area contributed by atoms with Gasteiger partial charge in [0.15, 0.2) is 0 Å². The van der Waals surface area contributed by atoms with Gasteiger partial charge in [-0.1, -0.05) is 23.7 Å². The molecule has 20 heavy (non-hydrogen) atoms. The maximum atomic E-state index is 13.2. The van der Waals surface area contributed by atoms with Gasteiger partial charge in [0.05, 0.1) is 23.9 Å². The fourth-order valence-electron chi connectivity index (χ4n) is 2.04. The number of halogens is 2. The van der Waals surface area contributed by atoms with Crippen LogP contribution in [0.2, 0.25) is 5.02 Å². The summed E-state index contributed by atoms with van der Waals surface area (Å²) in [7, 11) is 0. The van der Waals surface area contributed by atoms with Crippen LogP contribution in [-0.2, 0) is 0 Å². The molecule has 0 saturated carbocycles. The van der Waals surface area contributed by atoms with Crippen LogP contribution in [0.1, 0.15) is 0 Å². The van der Waals surface area contributed by atoms with E-state index in [9.17, 15) is 4.39 Å². The summed E-state index contributed by atoms with van der Waals surface area (Å²) in [4.78, 5) is 4.14. The van der Waals surface area contributed by atoms with Gasteiger partial charge in [-0.25, -0.2) is 9.37 Å². The van der Waals surface area contributed by atoms with E-state index < -0.39 is 5.82 Å². The zero-order chi connectivity index (χ0) is 14.1. The van der Waals surface area contributed by atoms with Crippen molar-refractivity contribution < 1.29 is 4.39 Å². The Kier molecular flexibility index (Phi) is 3.16. The first-order valence-electron chi connectivity index (χ1n) is 5.99. The van der Waals surface area contributed by atoms with Gasteiger partial charge in [0, 0.05) is 16.3 Å². The van der Waals surface area contributed by atoms with E-state index in [1.165, 1.54) is 6.07 Å². The minimum absolute atomic E-state index is 0.105. The van der Waals surface area contributed by atoms with Gasteiger partial charge >= 0.3 is 0 Å². The van der Waals surface area contributed by atoms with E-state index in [1.54, 1.807) is 24.7 Å². The first kappa shape index (κ1) is 12.7. The molecular weight excluding hydrogens is 277 g/mol. The first-order valence-corrected chi connectivity index (χ1v) is 6.36. The number of rotatable bonds is 2. The van der Waals surface area contributed by atoms with Crippen molar-refractivity contribution in [3.8, 4) is 16.9 Å². The van der Waals surface area contributed by atoms with E-state index >= 15 is 0 Å². The summed E-state index contributed by atoms with van der Waals surface area (Å²) < 4.78 is 15.1. The highest BCUT2D eigenvalue weighted by Crippen LogP contribution is 2.26. The summed E-state index contributed by atoms with van der Waals surface area (Å²) in [6.07, 6.45) is 3.38. The van der Waals surface area contributed by atoms with Gasteiger partial charge in [-0.05, 0) is 30.3 Å². The molecule has 0 aliphatic heterocycles. The molecule has 1 heterocycles. The van der Waals surface area contributed by atoms with Gasteiger partial charge in [-0.3, -0.25) is 4.57 Å². The number of nitrogens with two attached hydrogens (primary N) is 1. The molecule has 0 atom stereocenters. The maximum absolute atomic E-state index is 13.2. The average molecular weight is 288 g/mol. The number of hydrogen-bond donors (Lipinski definition) is 1. The molecule has 3 nitrogen and oxygen atoms in total. The minimum Gasteiger partial charge on any atom is -0.396 e. The lowest BCUT2D eigenvalue weighted by atomic mass is 10.1. The Balaban J connectivity index is 2.12. The SMILES string of the molecule is Nc1cc(-n2cncc2-c2cccc(Cl)c2)ccc1F. The number of aromatic nitrogens is 2. The fourth-order valence-corrected chi connectivity index (χ4v) is 2.23. The molecular formula is C15H11ClFN3. The van der Waals surface area contributed by atoms with Crippen molar-refractivity contribution in [2.75, 3.05) is 5.73 Å². The summed E-state index contributed by atoms with van der Waals surface area (Å²) in [6, 6.07) is 12.0. The molecule has 3 aromatic rings. The molecule has 0 unspecified atom stereocenters. The van der Waals surface area contributed by atoms with Gasteiger partial charge in [0.2, 0.25) is 0 Å². The quantitative estimate of drug-likeness (QED) is 0.726. The van der Waals surface area contributed by atoms with Crippen molar-refractivity contribution in [1.29, 1.82) is 0 Å². The zero-order valence-electron chi connectivity index (χ0n) is 10.4. The summed E-state index contributed by atoms with van der Waals surface area (Å²) in [5.74, 6) is -0.432. The lowest BCUT2D eigenvalue weighted by molar-refractivity contribution is 0.632. The van der Waals surface area contributed by atoms with E-state index in [0.717, 1.165) is 16.9 Å². The first-order chi connectivity index (χ1) is 9.65. The number of nitrogens with zero attached hydrogens (tertiary/aromatic N) is 2. The monoisotopic (exact) mass is 287 g/mol. The summed E-state index contributed by atoms with van der Waals surface area (Å²) in [5, 5.41) is 0.647. The predicted molar refractivity (Wildman–Crippen MR) is 78.4 cm³/mol. The number of anilines is 1. The second-order valence-electron chi connectivity index (χ2n) is 4.37. The molecule has 0 saturated heterocycles. The lowest BCUT2D eigenvalue weighted by Gasteiger charge is -2.09. The largest absolute Gasteiger partial charge is 0.396 e. The van der Waals surface area contributed by atoms with Crippen LogP contribution in [0.15, 0.2) is 55.0 Å². The van der Waals surface area contributed by atoms with E-state index in [4.69, 9.17) is 17.3 Å². The van der Waals surface area contributed by atoms with Crippen LogP contribution in [0.5, 0.6) is 0 Å². The topological polar surface area (TPSA) is 43.8 Å². The fraction of sp³-hybridized carbons (Fsp3) is 0. The van der Waals surface area contributed by atoms with Crippen LogP contribution in [0.25, 0.3) is 16.9 Å². The van der Waals surface area contributed by atoms with Gasteiger partial charge in [-0.2, -0.15) is 0 Å². The highest BCUT2D eigenvalue weighted by molar-refractivity contribution is 6.30. The van der Waals surface area contributed by atoms with E-state index in [1.807, 2.05) is 28.8 Å². The second kappa shape index (κ2) is 4.98. The van der Waals surface area contributed by atoms with E-state index in [-0.39, 0.29) is 5.69 Å². The minimum atomic E-state index is -0.432. The molecule has 0 aliphatic rings. The molecule has 1 aromatic heterocycles. The molecule has 0 amide bonds. The lowest BCUT2D eigenvalue weighted by Crippen LogP contribution is -1.98. The van der Waals surface area contributed by atoms with Crippen LogP contribution in [0, 0.1) is 5.82 Å². The summed E-state index contributed by atoms with van der Waals surface area (Å²) >= 11 is 6.01. The molecule has 2 aromatic carbocycles. The van der Waals surface area contributed by atoms with Crippen molar-refractivity contribution in [2.45, 2.75) is 0 Å². The van der Waals surface area contributed by atoms with Crippen molar-refractivity contribution in [3.05, 3.63) is 65.8 Å².